The predicted octanol–water partition coefficient (Wildman–Crippen LogP) is 4.18. The van der Waals surface area contributed by atoms with E-state index in [1.54, 1.807) is 25.3 Å². The average Bonchev–Trinajstić information content (AvgIpc) is 3.54. The SMILES string of the molecule is COc1ccc(CC(=O)C2(c3ccc4c(c3)OCO4)CC2)cc1-c1cccc(S(=O)(=O)N(C)C)c1. The lowest BCUT2D eigenvalue weighted by Crippen LogP contribution is -2.22. The Labute approximate surface area is 205 Å². The summed E-state index contributed by atoms with van der Waals surface area (Å²) in [6.07, 6.45) is 1.87. The molecular weight excluding hydrogens is 466 g/mol. The molecule has 2 aliphatic rings. The summed E-state index contributed by atoms with van der Waals surface area (Å²) >= 11 is 0. The van der Waals surface area contributed by atoms with E-state index in [1.165, 1.54) is 18.4 Å². The average molecular weight is 494 g/mol. The molecule has 3 aromatic rings. The molecule has 1 heterocycles. The number of rotatable bonds is 8. The van der Waals surface area contributed by atoms with Crippen LogP contribution in [-0.2, 0) is 26.7 Å². The van der Waals surface area contributed by atoms with E-state index >= 15 is 0 Å². The Hall–Kier alpha value is -3.36. The number of methoxy groups -OCH3 is 1. The monoisotopic (exact) mass is 493 g/mol. The van der Waals surface area contributed by atoms with E-state index in [0.717, 1.165) is 29.5 Å². The van der Waals surface area contributed by atoms with Crippen molar-refractivity contribution in [3.05, 3.63) is 71.8 Å². The molecule has 182 valence electrons. The van der Waals surface area contributed by atoms with Crippen molar-refractivity contribution in [3.63, 3.8) is 0 Å². The molecule has 1 aliphatic carbocycles. The van der Waals surface area contributed by atoms with Crippen LogP contribution in [0.3, 0.4) is 0 Å². The van der Waals surface area contributed by atoms with Crippen molar-refractivity contribution in [2.45, 2.75) is 29.6 Å². The first-order valence-electron chi connectivity index (χ1n) is 11.4. The van der Waals surface area contributed by atoms with Gasteiger partial charge in [0.05, 0.1) is 17.4 Å². The summed E-state index contributed by atoms with van der Waals surface area (Å²) in [5.41, 5.74) is 2.75. The van der Waals surface area contributed by atoms with Gasteiger partial charge in [-0.3, -0.25) is 4.79 Å². The van der Waals surface area contributed by atoms with Crippen molar-refractivity contribution in [1.29, 1.82) is 0 Å². The molecule has 35 heavy (non-hydrogen) atoms. The van der Waals surface area contributed by atoms with Gasteiger partial charge in [-0.15, -0.1) is 0 Å². The Balaban J connectivity index is 1.45. The van der Waals surface area contributed by atoms with Gasteiger partial charge < -0.3 is 14.2 Å². The van der Waals surface area contributed by atoms with Gasteiger partial charge in [0, 0.05) is 26.1 Å². The summed E-state index contributed by atoms with van der Waals surface area (Å²) in [5, 5.41) is 0. The summed E-state index contributed by atoms with van der Waals surface area (Å²) in [5.74, 6) is 2.14. The summed E-state index contributed by atoms with van der Waals surface area (Å²) in [6, 6.07) is 18.1. The first-order valence-corrected chi connectivity index (χ1v) is 12.8. The van der Waals surface area contributed by atoms with Crippen LogP contribution in [0.5, 0.6) is 17.2 Å². The number of fused-ring (bicyclic) bond motifs is 1. The van der Waals surface area contributed by atoms with Gasteiger partial charge in [0.1, 0.15) is 11.5 Å². The lowest BCUT2D eigenvalue weighted by Gasteiger charge is -2.17. The molecule has 0 saturated heterocycles. The number of sulfonamides is 1. The van der Waals surface area contributed by atoms with Gasteiger partial charge in [-0.05, 0) is 65.9 Å². The smallest absolute Gasteiger partial charge is 0.242 e. The molecule has 0 aromatic heterocycles. The number of Topliss-reactive ketones (excluding diaryl/α,β-unsaturated/α-hetero) is 1. The van der Waals surface area contributed by atoms with Gasteiger partial charge in [0.25, 0.3) is 0 Å². The Kier molecular flexibility index (Phi) is 5.81. The lowest BCUT2D eigenvalue weighted by atomic mass is 9.87. The summed E-state index contributed by atoms with van der Waals surface area (Å²) in [7, 11) is 0.995. The molecule has 0 unspecified atom stereocenters. The molecule has 0 bridgehead atoms. The summed E-state index contributed by atoms with van der Waals surface area (Å²) < 4.78 is 42.9. The van der Waals surface area contributed by atoms with E-state index < -0.39 is 15.4 Å². The van der Waals surface area contributed by atoms with Crippen LogP contribution in [0.2, 0.25) is 0 Å². The number of nitrogens with zero attached hydrogens (tertiary/aromatic N) is 1. The minimum atomic E-state index is -3.58. The maximum absolute atomic E-state index is 13.5. The molecule has 8 heteroatoms. The molecule has 7 nitrogen and oxygen atoms in total. The van der Waals surface area contributed by atoms with E-state index in [0.29, 0.717) is 22.8 Å². The lowest BCUT2D eigenvalue weighted by molar-refractivity contribution is -0.120. The topological polar surface area (TPSA) is 82.1 Å². The Morgan fingerprint density at radius 2 is 1.77 bits per heavy atom. The molecule has 0 spiro atoms. The third kappa shape index (κ3) is 4.17. The standard InChI is InChI=1S/C27H27NO6S/c1-28(2)35(30,31)21-6-4-5-19(15-21)22-13-18(7-9-23(22)32-3)14-26(29)27(11-12-27)20-8-10-24-25(16-20)34-17-33-24/h4-10,13,15-16H,11-12,14,17H2,1-3H3. The maximum atomic E-state index is 13.5. The zero-order chi connectivity index (χ0) is 24.8. The molecular formula is C27H27NO6S. The van der Waals surface area contributed by atoms with E-state index in [1.807, 2.05) is 42.5 Å². The maximum Gasteiger partial charge on any atom is 0.242 e. The molecule has 0 radical (unpaired) electrons. The highest BCUT2D eigenvalue weighted by atomic mass is 32.2. The van der Waals surface area contributed by atoms with Gasteiger partial charge in [0.15, 0.2) is 11.5 Å². The number of carbonyl (C=O) groups excluding carboxylic acids is 1. The summed E-state index contributed by atoms with van der Waals surface area (Å²) in [6.45, 7) is 0.200. The molecule has 1 aliphatic heterocycles. The number of ether oxygens (including phenoxy) is 3. The first-order chi connectivity index (χ1) is 16.7. The minimum absolute atomic E-state index is 0.149. The van der Waals surface area contributed by atoms with Crippen LogP contribution in [0.4, 0.5) is 0 Å². The van der Waals surface area contributed by atoms with Crippen LogP contribution in [0.25, 0.3) is 11.1 Å². The third-order valence-electron chi connectivity index (χ3n) is 6.76. The highest BCUT2D eigenvalue weighted by Crippen LogP contribution is 2.51. The predicted molar refractivity (Wildman–Crippen MR) is 131 cm³/mol. The number of carbonyl (C=O) groups is 1. The normalized spacial score (nSPS) is 15.8. The molecule has 5 rings (SSSR count). The zero-order valence-corrected chi connectivity index (χ0v) is 20.7. The van der Waals surface area contributed by atoms with Crippen LogP contribution >= 0.6 is 0 Å². The molecule has 0 atom stereocenters. The third-order valence-corrected chi connectivity index (χ3v) is 8.57. The van der Waals surface area contributed by atoms with Gasteiger partial charge in [-0.25, -0.2) is 12.7 Å². The quantitative estimate of drug-likeness (QED) is 0.468. The molecule has 3 aromatic carbocycles. The number of hydrogen-bond acceptors (Lipinski definition) is 6. The first kappa shape index (κ1) is 23.4. The summed E-state index contributed by atoms with van der Waals surface area (Å²) in [4.78, 5) is 13.7. The van der Waals surface area contributed by atoms with Crippen LogP contribution in [0, 0.1) is 0 Å². The van der Waals surface area contributed by atoms with Crippen molar-refractivity contribution in [1.82, 2.24) is 4.31 Å². The van der Waals surface area contributed by atoms with E-state index in [-0.39, 0.29) is 23.9 Å². The highest BCUT2D eigenvalue weighted by Gasteiger charge is 2.50. The second-order valence-corrected chi connectivity index (χ2v) is 11.3. The van der Waals surface area contributed by atoms with Gasteiger partial charge in [-0.2, -0.15) is 0 Å². The van der Waals surface area contributed by atoms with Crippen LogP contribution in [0.15, 0.2) is 65.6 Å². The zero-order valence-electron chi connectivity index (χ0n) is 19.9. The minimum Gasteiger partial charge on any atom is -0.496 e. The second-order valence-electron chi connectivity index (χ2n) is 9.10. The number of hydrogen-bond donors (Lipinski definition) is 0. The van der Waals surface area contributed by atoms with Gasteiger partial charge in [-0.1, -0.05) is 24.3 Å². The molecule has 1 fully saturated rings. The second kappa shape index (κ2) is 8.70. The number of benzene rings is 3. The van der Waals surface area contributed by atoms with Crippen molar-refractivity contribution >= 4 is 15.8 Å². The van der Waals surface area contributed by atoms with E-state index in [2.05, 4.69) is 0 Å². The van der Waals surface area contributed by atoms with Crippen LogP contribution < -0.4 is 14.2 Å². The Morgan fingerprint density at radius 3 is 2.49 bits per heavy atom. The fourth-order valence-corrected chi connectivity index (χ4v) is 5.48. The van der Waals surface area contributed by atoms with Gasteiger partial charge in [0.2, 0.25) is 16.8 Å². The fraction of sp³-hybridized carbons (Fsp3) is 0.296. The van der Waals surface area contributed by atoms with Crippen molar-refractivity contribution in [2.24, 2.45) is 0 Å². The van der Waals surface area contributed by atoms with Gasteiger partial charge >= 0.3 is 0 Å². The van der Waals surface area contributed by atoms with E-state index in [4.69, 9.17) is 14.2 Å². The molecule has 0 N–H and O–H groups in total. The molecule has 1 saturated carbocycles. The molecule has 0 amide bonds. The Bertz CT molecular complexity index is 1410. The van der Waals surface area contributed by atoms with Crippen LogP contribution in [0.1, 0.15) is 24.0 Å². The van der Waals surface area contributed by atoms with Crippen molar-refractivity contribution in [2.75, 3.05) is 28.0 Å². The van der Waals surface area contributed by atoms with Crippen LogP contribution in [-0.4, -0.2) is 46.5 Å². The van der Waals surface area contributed by atoms with Crippen molar-refractivity contribution in [3.8, 4) is 28.4 Å². The fourth-order valence-electron chi connectivity index (χ4n) is 4.53. The largest absolute Gasteiger partial charge is 0.496 e. The number of ketones is 1. The Morgan fingerprint density at radius 1 is 1.00 bits per heavy atom. The highest BCUT2D eigenvalue weighted by molar-refractivity contribution is 7.89. The van der Waals surface area contributed by atoms with E-state index in [9.17, 15) is 13.2 Å². The van der Waals surface area contributed by atoms with Crippen molar-refractivity contribution < 1.29 is 27.4 Å².